The number of hydrogen-bond acceptors (Lipinski definition) is 5. The van der Waals surface area contributed by atoms with E-state index in [1.54, 1.807) is 12.4 Å². The van der Waals surface area contributed by atoms with E-state index < -0.39 is 0 Å². The van der Waals surface area contributed by atoms with Crippen molar-refractivity contribution < 1.29 is 4.52 Å². The molecule has 1 aromatic carbocycles. The SMILES string of the molecule is Cc1cccc(-c2nc(Cc3ccncc3)no2)c1N. The molecule has 2 N–H and O–H groups in total. The van der Waals surface area contributed by atoms with Crippen LogP contribution in [0.1, 0.15) is 17.0 Å². The molecule has 0 saturated heterocycles. The number of anilines is 1. The standard InChI is InChI=1S/C15H14N4O/c1-10-3-2-4-12(14(10)16)15-18-13(19-20-15)9-11-5-7-17-8-6-11/h2-8H,9,16H2,1H3. The number of benzene rings is 1. The lowest BCUT2D eigenvalue weighted by Gasteiger charge is -2.03. The van der Waals surface area contributed by atoms with Gasteiger partial charge in [0.1, 0.15) is 0 Å². The van der Waals surface area contributed by atoms with Crippen LogP contribution >= 0.6 is 0 Å². The van der Waals surface area contributed by atoms with E-state index in [9.17, 15) is 0 Å². The van der Waals surface area contributed by atoms with Gasteiger partial charge in [-0.15, -0.1) is 0 Å². The lowest BCUT2D eigenvalue weighted by molar-refractivity contribution is 0.424. The summed E-state index contributed by atoms with van der Waals surface area (Å²) < 4.78 is 5.30. The van der Waals surface area contributed by atoms with Gasteiger partial charge in [0.2, 0.25) is 0 Å². The van der Waals surface area contributed by atoms with Gasteiger partial charge in [0.05, 0.1) is 5.56 Å². The van der Waals surface area contributed by atoms with Gasteiger partial charge in [0, 0.05) is 24.5 Å². The third kappa shape index (κ3) is 2.38. The predicted octanol–water partition coefficient (Wildman–Crippen LogP) is 2.61. The van der Waals surface area contributed by atoms with Gasteiger partial charge >= 0.3 is 0 Å². The number of pyridine rings is 1. The molecular weight excluding hydrogens is 252 g/mol. The van der Waals surface area contributed by atoms with Crippen molar-refractivity contribution in [3.63, 3.8) is 0 Å². The molecule has 0 aliphatic rings. The number of para-hydroxylation sites is 1. The number of aromatic nitrogens is 3. The zero-order chi connectivity index (χ0) is 13.9. The van der Waals surface area contributed by atoms with Gasteiger partial charge in [-0.05, 0) is 36.2 Å². The molecule has 100 valence electrons. The maximum absolute atomic E-state index is 6.04. The number of rotatable bonds is 3. The molecule has 0 spiro atoms. The molecule has 0 fully saturated rings. The van der Waals surface area contributed by atoms with Crippen molar-refractivity contribution in [3.8, 4) is 11.5 Å². The maximum atomic E-state index is 6.04. The summed E-state index contributed by atoms with van der Waals surface area (Å²) in [6.07, 6.45) is 4.10. The van der Waals surface area contributed by atoms with Crippen molar-refractivity contribution in [1.82, 2.24) is 15.1 Å². The van der Waals surface area contributed by atoms with Gasteiger partial charge in [-0.25, -0.2) is 0 Å². The largest absolute Gasteiger partial charge is 0.398 e. The van der Waals surface area contributed by atoms with Crippen LogP contribution in [-0.4, -0.2) is 15.1 Å². The monoisotopic (exact) mass is 266 g/mol. The third-order valence-corrected chi connectivity index (χ3v) is 3.13. The molecule has 0 radical (unpaired) electrons. The second-order valence-electron chi connectivity index (χ2n) is 4.58. The van der Waals surface area contributed by atoms with Crippen LogP contribution in [-0.2, 0) is 6.42 Å². The molecule has 0 saturated carbocycles. The van der Waals surface area contributed by atoms with E-state index in [0.717, 1.165) is 16.7 Å². The average Bonchev–Trinajstić information content (AvgIpc) is 2.91. The molecule has 0 aliphatic carbocycles. The zero-order valence-corrected chi connectivity index (χ0v) is 11.1. The first-order valence-electron chi connectivity index (χ1n) is 6.31. The van der Waals surface area contributed by atoms with Gasteiger partial charge in [-0.3, -0.25) is 4.98 Å². The Balaban J connectivity index is 1.89. The van der Waals surface area contributed by atoms with Gasteiger partial charge < -0.3 is 10.3 Å². The number of aryl methyl sites for hydroxylation is 1. The number of nitrogens with two attached hydrogens (primary N) is 1. The van der Waals surface area contributed by atoms with Gasteiger partial charge in [0.15, 0.2) is 5.82 Å². The normalized spacial score (nSPS) is 10.7. The van der Waals surface area contributed by atoms with Crippen molar-refractivity contribution >= 4 is 5.69 Å². The molecule has 0 amide bonds. The summed E-state index contributed by atoms with van der Waals surface area (Å²) in [4.78, 5) is 8.38. The van der Waals surface area contributed by atoms with Gasteiger partial charge in [0.25, 0.3) is 5.89 Å². The lowest BCUT2D eigenvalue weighted by Crippen LogP contribution is -1.94. The molecule has 5 nitrogen and oxygen atoms in total. The summed E-state index contributed by atoms with van der Waals surface area (Å²) >= 11 is 0. The molecule has 0 aliphatic heterocycles. The van der Waals surface area contributed by atoms with E-state index in [-0.39, 0.29) is 0 Å². The summed E-state index contributed by atoms with van der Waals surface area (Å²) in [6.45, 7) is 1.95. The Morgan fingerprint density at radius 3 is 2.75 bits per heavy atom. The Kier molecular flexibility index (Phi) is 3.16. The highest BCUT2D eigenvalue weighted by atomic mass is 16.5. The Labute approximate surface area is 116 Å². The summed E-state index contributed by atoms with van der Waals surface area (Å²) in [5.74, 6) is 1.09. The average molecular weight is 266 g/mol. The van der Waals surface area contributed by atoms with Crippen molar-refractivity contribution in [3.05, 3.63) is 59.7 Å². The van der Waals surface area contributed by atoms with Crippen LogP contribution in [0.2, 0.25) is 0 Å². The molecule has 0 bridgehead atoms. The zero-order valence-electron chi connectivity index (χ0n) is 11.1. The van der Waals surface area contributed by atoms with Crippen LogP contribution < -0.4 is 5.73 Å². The van der Waals surface area contributed by atoms with Crippen molar-refractivity contribution in [2.75, 3.05) is 5.73 Å². The molecular formula is C15H14N4O. The van der Waals surface area contributed by atoms with E-state index in [4.69, 9.17) is 10.3 Å². The van der Waals surface area contributed by atoms with Crippen molar-refractivity contribution in [2.24, 2.45) is 0 Å². The fourth-order valence-electron chi connectivity index (χ4n) is 1.99. The highest BCUT2D eigenvalue weighted by Crippen LogP contribution is 2.26. The van der Waals surface area contributed by atoms with E-state index in [0.29, 0.717) is 23.8 Å². The molecule has 5 heteroatoms. The summed E-state index contributed by atoms with van der Waals surface area (Å²) in [7, 11) is 0. The second kappa shape index (κ2) is 5.13. The fourth-order valence-corrected chi connectivity index (χ4v) is 1.99. The molecule has 3 rings (SSSR count). The highest BCUT2D eigenvalue weighted by molar-refractivity contribution is 5.73. The smallest absolute Gasteiger partial charge is 0.260 e. The minimum Gasteiger partial charge on any atom is -0.398 e. The first-order valence-corrected chi connectivity index (χ1v) is 6.31. The van der Waals surface area contributed by atoms with E-state index >= 15 is 0 Å². The minimum absolute atomic E-state index is 0.454. The molecule has 0 atom stereocenters. The maximum Gasteiger partial charge on any atom is 0.260 e. The molecule has 20 heavy (non-hydrogen) atoms. The number of nitrogens with zero attached hydrogens (tertiary/aromatic N) is 3. The Morgan fingerprint density at radius 2 is 1.95 bits per heavy atom. The fraction of sp³-hybridized carbons (Fsp3) is 0.133. The van der Waals surface area contributed by atoms with Crippen molar-refractivity contribution in [2.45, 2.75) is 13.3 Å². The van der Waals surface area contributed by atoms with E-state index in [2.05, 4.69) is 15.1 Å². The first kappa shape index (κ1) is 12.3. The number of nitrogen functional groups attached to an aromatic ring is 1. The van der Waals surface area contributed by atoms with Crippen LogP contribution in [0.5, 0.6) is 0 Å². The summed E-state index contributed by atoms with van der Waals surface area (Å²) in [5, 5.41) is 4.00. The predicted molar refractivity (Wildman–Crippen MR) is 75.9 cm³/mol. The van der Waals surface area contributed by atoms with Crippen LogP contribution in [0, 0.1) is 6.92 Å². The molecule has 2 heterocycles. The van der Waals surface area contributed by atoms with Gasteiger partial charge in [-0.2, -0.15) is 4.98 Å². The topological polar surface area (TPSA) is 77.8 Å². The van der Waals surface area contributed by atoms with Crippen LogP contribution in [0.4, 0.5) is 5.69 Å². The molecule has 3 aromatic rings. The Bertz CT molecular complexity index is 722. The van der Waals surface area contributed by atoms with E-state index in [1.807, 2.05) is 37.3 Å². The third-order valence-electron chi connectivity index (χ3n) is 3.13. The lowest BCUT2D eigenvalue weighted by atomic mass is 10.1. The second-order valence-corrected chi connectivity index (χ2v) is 4.58. The van der Waals surface area contributed by atoms with Crippen molar-refractivity contribution in [1.29, 1.82) is 0 Å². The van der Waals surface area contributed by atoms with Crippen LogP contribution in [0.15, 0.2) is 47.2 Å². The first-order chi connectivity index (χ1) is 9.74. The van der Waals surface area contributed by atoms with Crippen LogP contribution in [0.25, 0.3) is 11.5 Å². The quantitative estimate of drug-likeness (QED) is 0.737. The highest BCUT2D eigenvalue weighted by Gasteiger charge is 2.12. The number of hydrogen-bond donors (Lipinski definition) is 1. The Hall–Kier alpha value is -2.69. The van der Waals surface area contributed by atoms with Gasteiger partial charge in [-0.1, -0.05) is 17.3 Å². The Morgan fingerprint density at radius 1 is 1.15 bits per heavy atom. The van der Waals surface area contributed by atoms with Crippen LogP contribution in [0.3, 0.4) is 0 Å². The summed E-state index contributed by atoms with van der Waals surface area (Å²) in [6, 6.07) is 9.61. The summed E-state index contributed by atoms with van der Waals surface area (Å²) in [5.41, 5.74) is 9.57. The minimum atomic E-state index is 0.454. The van der Waals surface area contributed by atoms with E-state index in [1.165, 1.54) is 0 Å². The molecule has 0 unspecified atom stereocenters. The molecule has 2 aromatic heterocycles.